The Morgan fingerprint density at radius 1 is 1.17 bits per heavy atom. The quantitative estimate of drug-likeness (QED) is 0.753. The van der Waals surface area contributed by atoms with E-state index < -0.39 is 0 Å². The third-order valence-electron chi connectivity index (χ3n) is 3.32. The maximum Gasteiger partial charge on any atom is 0.248 e. The maximum atomic E-state index is 12.0. The molecule has 0 aliphatic carbocycles. The van der Waals surface area contributed by atoms with Gasteiger partial charge in [0.15, 0.2) is 0 Å². The number of aryl methyl sites for hydroxylation is 1. The summed E-state index contributed by atoms with van der Waals surface area (Å²) in [4.78, 5) is 16.1. The Labute approximate surface area is 134 Å². The first-order valence-electron chi connectivity index (χ1n) is 7.19. The largest absolute Gasteiger partial charge is 0.323 e. The molecular formula is C18H16N4O. The number of para-hydroxylation sites is 1. The average molecular weight is 304 g/mol. The molecule has 2 aromatic heterocycles. The number of carbonyl (C=O) groups is 1. The van der Waals surface area contributed by atoms with Crippen LogP contribution in [0.1, 0.15) is 5.56 Å². The minimum atomic E-state index is -0.183. The molecular weight excluding hydrogens is 288 g/mol. The number of nitrogens with zero attached hydrogens (tertiary/aromatic N) is 3. The van der Waals surface area contributed by atoms with E-state index in [1.807, 2.05) is 49.6 Å². The molecule has 1 N–H and O–H groups in total. The number of hydrogen-bond donors (Lipinski definition) is 1. The van der Waals surface area contributed by atoms with Gasteiger partial charge in [-0.15, -0.1) is 0 Å². The van der Waals surface area contributed by atoms with Crippen LogP contribution in [0.5, 0.6) is 0 Å². The van der Waals surface area contributed by atoms with Gasteiger partial charge in [0.25, 0.3) is 0 Å². The molecule has 114 valence electrons. The van der Waals surface area contributed by atoms with Gasteiger partial charge in [0.2, 0.25) is 5.91 Å². The van der Waals surface area contributed by atoms with Gasteiger partial charge in [-0.05, 0) is 29.8 Å². The van der Waals surface area contributed by atoms with E-state index in [4.69, 9.17) is 0 Å². The van der Waals surface area contributed by atoms with Crippen LogP contribution in [0.4, 0.5) is 5.69 Å². The second kappa shape index (κ2) is 6.70. The molecule has 0 spiro atoms. The van der Waals surface area contributed by atoms with Gasteiger partial charge < -0.3 is 5.32 Å². The van der Waals surface area contributed by atoms with E-state index in [0.717, 1.165) is 22.4 Å². The van der Waals surface area contributed by atoms with Gasteiger partial charge in [0.05, 0.1) is 6.20 Å². The van der Waals surface area contributed by atoms with Crippen LogP contribution in [-0.4, -0.2) is 20.7 Å². The third kappa shape index (κ3) is 3.71. The van der Waals surface area contributed by atoms with Crippen molar-refractivity contribution >= 4 is 17.7 Å². The van der Waals surface area contributed by atoms with E-state index in [-0.39, 0.29) is 5.91 Å². The van der Waals surface area contributed by atoms with Crippen molar-refractivity contribution in [2.45, 2.75) is 0 Å². The Kier molecular flexibility index (Phi) is 4.29. The lowest BCUT2D eigenvalue weighted by atomic mass is 10.0. The number of anilines is 1. The summed E-state index contributed by atoms with van der Waals surface area (Å²) in [6.45, 7) is 0. The lowest BCUT2D eigenvalue weighted by molar-refractivity contribution is -0.111. The zero-order valence-electron chi connectivity index (χ0n) is 12.7. The van der Waals surface area contributed by atoms with Crippen molar-refractivity contribution in [1.29, 1.82) is 0 Å². The monoisotopic (exact) mass is 304 g/mol. The molecule has 2 heterocycles. The molecule has 0 fully saturated rings. The molecule has 5 nitrogen and oxygen atoms in total. The van der Waals surface area contributed by atoms with Crippen LogP contribution in [0.25, 0.3) is 17.2 Å². The molecule has 1 aromatic carbocycles. The summed E-state index contributed by atoms with van der Waals surface area (Å²) in [6, 6.07) is 11.3. The zero-order valence-corrected chi connectivity index (χ0v) is 12.7. The highest BCUT2D eigenvalue weighted by Crippen LogP contribution is 2.23. The lowest BCUT2D eigenvalue weighted by Crippen LogP contribution is -2.07. The molecule has 0 radical (unpaired) electrons. The number of rotatable bonds is 4. The van der Waals surface area contributed by atoms with Crippen LogP contribution in [0.15, 0.2) is 67.3 Å². The SMILES string of the molecule is Cn1cc(-c2ccncc2C=CC(=O)Nc2ccccc2)cn1. The molecule has 0 atom stereocenters. The highest BCUT2D eigenvalue weighted by atomic mass is 16.1. The van der Waals surface area contributed by atoms with Crippen LogP contribution >= 0.6 is 0 Å². The number of nitrogens with one attached hydrogen (secondary N) is 1. The fraction of sp³-hybridized carbons (Fsp3) is 0.0556. The zero-order chi connectivity index (χ0) is 16.1. The summed E-state index contributed by atoms with van der Waals surface area (Å²) < 4.78 is 1.74. The summed E-state index contributed by atoms with van der Waals surface area (Å²) in [5, 5.41) is 6.99. The van der Waals surface area contributed by atoms with E-state index in [0.29, 0.717) is 0 Å². The normalized spacial score (nSPS) is 10.8. The Hall–Kier alpha value is -3.21. The first-order chi connectivity index (χ1) is 11.2. The van der Waals surface area contributed by atoms with E-state index >= 15 is 0 Å². The molecule has 3 rings (SSSR count). The van der Waals surface area contributed by atoms with Gasteiger partial charge in [-0.25, -0.2) is 0 Å². The van der Waals surface area contributed by atoms with E-state index in [2.05, 4.69) is 15.4 Å². The number of hydrogen-bond acceptors (Lipinski definition) is 3. The molecule has 0 aliphatic rings. The van der Waals surface area contributed by atoms with E-state index in [9.17, 15) is 4.79 Å². The van der Waals surface area contributed by atoms with Crippen LogP contribution in [0.2, 0.25) is 0 Å². The molecule has 0 saturated carbocycles. The van der Waals surface area contributed by atoms with Crippen molar-refractivity contribution in [3.8, 4) is 11.1 Å². The minimum Gasteiger partial charge on any atom is -0.323 e. The van der Waals surface area contributed by atoms with E-state index in [1.165, 1.54) is 6.08 Å². The Balaban J connectivity index is 1.79. The predicted octanol–water partition coefficient (Wildman–Crippen LogP) is 3.13. The maximum absolute atomic E-state index is 12.0. The van der Waals surface area contributed by atoms with Crippen molar-refractivity contribution in [1.82, 2.24) is 14.8 Å². The number of benzene rings is 1. The van der Waals surface area contributed by atoms with Crippen LogP contribution in [-0.2, 0) is 11.8 Å². The predicted molar refractivity (Wildman–Crippen MR) is 90.5 cm³/mol. The molecule has 5 heteroatoms. The summed E-state index contributed by atoms with van der Waals surface area (Å²) in [5.41, 5.74) is 3.60. The molecule has 3 aromatic rings. The third-order valence-corrected chi connectivity index (χ3v) is 3.32. The Morgan fingerprint density at radius 2 is 2.00 bits per heavy atom. The second-order valence-corrected chi connectivity index (χ2v) is 5.05. The van der Waals surface area contributed by atoms with Gasteiger partial charge in [0.1, 0.15) is 0 Å². The number of carbonyl (C=O) groups excluding carboxylic acids is 1. The molecule has 0 aliphatic heterocycles. The van der Waals surface area contributed by atoms with Gasteiger partial charge in [-0.3, -0.25) is 14.5 Å². The van der Waals surface area contributed by atoms with Gasteiger partial charge in [0, 0.05) is 48.5 Å². The van der Waals surface area contributed by atoms with Gasteiger partial charge in [-0.1, -0.05) is 18.2 Å². The highest BCUT2D eigenvalue weighted by Gasteiger charge is 2.05. The fourth-order valence-corrected chi connectivity index (χ4v) is 2.23. The van der Waals surface area contributed by atoms with Crippen molar-refractivity contribution in [2.24, 2.45) is 7.05 Å². The Morgan fingerprint density at radius 3 is 2.74 bits per heavy atom. The average Bonchev–Trinajstić information content (AvgIpc) is 3.00. The number of pyridine rings is 1. The summed E-state index contributed by atoms with van der Waals surface area (Å²) >= 11 is 0. The van der Waals surface area contributed by atoms with Crippen molar-refractivity contribution < 1.29 is 4.79 Å². The van der Waals surface area contributed by atoms with Crippen LogP contribution < -0.4 is 5.32 Å². The second-order valence-electron chi connectivity index (χ2n) is 5.05. The number of aromatic nitrogens is 3. The molecule has 0 bridgehead atoms. The molecule has 23 heavy (non-hydrogen) atoms. The smallest absolute Gasteiger partial charge is 0.248 e. The van der Waals surface area contributed by atoms with Gasteiger partial charge >= 0.3 is 0 Å². The van der Waals surface area contributed by atoms with Crippen LogP contribution in [0.3, 0.4) is 0 Å². The lowest BCUT2D eigenvalue weighted by Gasteiger charge is -2.03. The summed E-state index contributed by atoms with van der Waals surface area (Å²) in [6.07, 6.45) is 10.4. The molecule has 0 unspecified atom stereocenters. The number of amides is 1. The van der Waals surface area contributed by atoms with Crippen molar-refractivity contribution in [3.63, 3.8) is 0 Å². The topological polar surface area (TPSA) is 59.8 Å². The van der Waals surface area contributed by atoms with Gasteiger partial charge in [-0.2, -0.15) is 5.10 Å². The van der Waals surface area contributed by atoms with Crippen molar-refractivity contribution in [2.75, 3.05) is 5.32 Å². The Bertz CT molecular complexity index is 837. The van der Waals surface area contributed by atoms with E-state index in [1.54, 1.807) is 29.3 Å². The first kappa shape index (κ1) is 14.7. The van der Waals surface area contributed by atoms with Crippen molar-refractivity contribution in [3.05, 3.63) is 72.8 Å². The highest BCUT2D eigenvalue weighted by molar-refractivity contribution is 6.02. The summed E-state index contributed by atoms with van der Waals surface area (Å²) in [7, 11) is 1.87. The first-order valence-corrected chi connectivity index (χ1v) is 7.19. The minimum absolute atomic E-state index is 0.183. The standard InChI is InChI=1S/C18H16N4O/c1-22-13-15(12-20-22)17-9-10-19-11-14(17)7-8-18(23)21-16-5-3-2-4-6-16/h2-13H,1H3,(H,21,23). The molecule has 1 amide bonds. The summed E-state index contributed by atoms with van der Waals surface area (Å²) in [5.74, 6) is -0.183. The van der Waals surface area contributed by atoms with Crippen LogP contribution in [0, 0.1) is 0 Å². The molecule has 0 saturated heterocycles. The fourth-order valence-electron chi connectivity index (χ4n) is 2.23.